The molecule has 1 aliphatic heterocycles. The molecule has 1 atom stereocenters. The quantitative estimate of drug-likeness (QED) is 0.892. The van der Waals surface area contributed by atoms with Gasteiger partial charge in [0.25, 0.3) is 6.43 Å². The molecule has 118 valence electrons. The monoisotopic (exact) mass is 296 g/mol. The fourth-order valence-corrected chi connectivity index (χ4v) is 3.45. The van der Waals surface area contributed by atoms with Crippen LogP contribution in [0.5, 0.6) is 0 Å². The molecule has 2 nitrogen and oxygen atoms in total. The van der Waals surface area contributed by atoms with E-state index in [2.05, 4.69) is 38.2 Å². The SMILES string of the molecule is CCC1(CC)CNC(C)(c2ccccc2)CN1CC(F)F. The first kappa shape index (κ1) is 16.4. The van der Waals surface area contributed by atoms with E-state index in [-0.39, 0.29) is 17.6 Å². The topological polar surface area (TPSA) is 15.3 Å². The van der Waals surface area contributed by atoms with Gasteiger partial charge in [-0.15, -0.1) is 0 Å². The predicted octanol–water partition coefficient (Wildman–Crippen LogP) is 3.63. The second-order valence-electron chi connectivity index (χ2n) is 6.25. The molecule has 2 rings (SSSR count). The lowest BCUT2D eigenvalue weighted by Gasteiger charge is -2.53. The van der Waals surface area contributed by atoms with E-state index in [4.69, 9.17) is 0 Å². The third kappa shape index (κ3) is 3.27. The van der Waals surface area contributed by atoms with Crippen LogP contribution in [0.2, 0.25) is 0 Å². The number of nitrogens with zero attached hydrogens (tertiary/aromatic N) is 1. The summed E-state index contributed by atoms with van der Waals surface area (Å²) >= 11 is 0. The van der Waals surface area contributed by atoms with Gasteiger partial charge in [-0.25, -0.2) is 8.78 Å². The van der Waals surface area contributed by atoms with E-state index >= 15 is 0 Å². The van der Waals surface area contributed by atoms with Crippen molar-refractivity contribution >= 4 is 0 Å². The fourth-order valence-electron chi connectivity index (χ4n) is 3.45. The zero-order chi connectivity index (χ0) is 15.5. The minimum absolute atomic E-state index is 0.147. The van der Waals surface area contributed by atoms with Gasteiger partial charge in [0.05, 0.1) is 12.1 Å². The minimum Gasteiger partial charge on any atom is -0.305 e. The van der Waals surface area contributed by atoms with E-state index in [1.165, 1.54) is 0 Å². The maximum Gasteiger partial charge on any atom is 0.251 e. The molecule has 0 aliphatic carbocycles. The summed E-state index contributed by atoms with van der Waals surface area (Å²) in [5.41, 5.74) is 0.722. The molecule has 1 aliphatic rings. The molecule has 1 aromatic carbocycles. The van der Waals surface area contributed by atoms with Crippen LogP contribution in [0.15, 0.2) is 30.3 Å². The molecule has 0 saturated carbocycles. The lowest BCUT2D eigenvalue weighted by atomic mass is 9.81. The standard InChI is InChI=1S/C17H26F2N2/c1-4-17(5-2)12-20-16(3,13-21(17)11-15(18)19)14-9-7-6-8-10-14/h6-10,15,20H,4-5,11-13H2,1-3H3. The Kier molecular flexibility index (Phi) is 4.99. The van der Waals surface area contributed by atoms with Crippen molar-refractivity contribution in [3.63, 3.8) is 0 Å². The summed E-state index contributed by atoms with van der Waals surface area (Å²) in [6, 6.07) is 10.1. The molecule has 1 N–H and O–H groups in total. The Balaban J connectivity index is 2.28. The third-order valence-corrected chi connectivity index (χ3v) is 5.07. The zero-order valence-electron chi connectivity index (χ0n) is 13.2. The number of benzene rings is 1. The maximum absolute atomic E-state index is 13.0. The average molecular weight is 296 g/mol. The van der Waals surface area contributed by atoms with Crippen molar-refractivity contribution in [1.82, 2.24) is 10.2 Å². The van der Waals surface area contributed by atoms with Gasteiger partial charge in [0, 0.05) is 18.6 Å². The number of hydrogen-bond acceptors (Lipinski definition) is 2. The first-order chi connectivity index (χ1) is 9.96. The van der Waals surface area contributed by atoms with Crippen molar-refractivity contribution in [2.24, 2.45) is 0 Å². The molecule has 1 saturated heterocycles. The Morgan fingerprint density at radius 2 is 1.81 bits per heavy atom. The van der Waals surface area contributed by atoms with Gasteiger partial charge in [0.2, 0.25) is 0 Å². The second kappa shape index (κ2) is 6.41. The van der Waals surface area contributed by atoms with Crippen molar-refractivity contribution in [2.45, 2.75) is 51.1 Å². The van der Waals surface area contributed by atoms with E-state index < -0.39 is 6.43 Å². The largest absolute Gasteiger partial charge is 0.305 e. The molecule has 0 aromatic heterocycles. The van der Waals surface area contributed by atoms with E-state index in [1.807, 2.05) is 23.1 Å². The molecule has 0 bridgehead atoms. The molecule has 4 heteroatoms. The smallest absolute Gasteiger partial charge is 0.251 e. The number of halogens is 2. The zero-order valence-corrected chi connectivity index (χ0v) is 13.2. The van der Waals surface area contributed by atoms with Crippen molar-refractivity contribution in [2.75, 3.05) is 19.6 Å². The first-order valence-corrected chi connectivity index (χ1v) is 7.79. The highest BCUT2D eigenvalue weighted by molar-refractivity contribution is 5.26. The highest BCUT2D eigenvalue weighted by Gasteiger charge is 2.44. The van der Waals surface area contributed by atoms with E-state index in [0.29, 0.717) is 6.54 Å². The summed E-state index contributed by atoms with van der Waals surface area (Å²) < 4.78 is 26.1. The summed E-state index contributed by atoms with van der Waals surface area (Å²) in [4.78, 5) is 2.00. The molecule has 0 radical (unpaired) electrons. The van der Waals surface area contributed by atoms with Crippen LogP contribution in [0.1, 0.15) is 39.2 Å². The molecule has 0 amide bonds. The number of alkyl halides is 2. The van der Waals surface area contributed by atoms with E-state index in [9.17, 15) is 8.78 Å². The average Bonchev–Trinajstić information content (AvgIpc) is 2.49. The van der Waals surface area contributed by atoms with Crippen LogP contribution >= 0.6 is 0 Å². The molecular formula is C17H26F2N2. The van der Waals surface area contributed by atoms with Crippen molar-refractivity contribution in [3.8, 4) is 0 Å². The molecule has 0 spiro atoms. The van der Waals surface area contributed by atoms with Gasteiger partial charge >= 0.3 is 0 Å². The van der Waals surface area contributed by atoms with E-state index in [1.54, 1.807) is 0 Å². The van der Waals surface area contributed by atoms with Crippen LogP contribution in [0.3, 0.4) is 0 Å². The Hall–Kier alpha value is -1.00. The number of hydrogen-bond donors (Lipinski definition) is 1. The lowest BCUT2D eigenvalue weighted by molar-refractivity contribution is -0.0349. The molecule has 1 fully saturated rings. The van der Waals surface area contributed by atoms with Crippen LogP contribution in [0.25, 0.3) is 0 Å². The van der Waals surface area contributed by atoms with Gasteiger partial charge < -0.3 is 5.32 Å². The van der Waals surface area contributed by atoms with Crippen molar-refractivity contribution < 1.29 is 8.78 Å². The second-order valence-corrected chi connectivity index (χ2v) is 6.25. The van der Waals surface area contributed by atoms with Crippen LogP contribution in [-0.4, -0.2) is 36.5 Å². The number of piperazine rings is 1. The van der Waals surface area contributed by atoms with Crippen LogP contribution in [0, 0.1) is 0 Å². The van der Waals surface area contributed by atoms with Gasteiger partial charge in [0.15, 0.2) is 0 Å². The van der Waals surface area contributed by atoms with Gasteiger partial charge in [-0.05, 0) is 25.3 Å². The lowest BCUT2D eigenvalue weighted by Crippen LogP contribution is -2.68. The van der Waals surface area contributed by atoms with Crippen LogP contribution in [-0.2, 0) is 5.54 Å². The predicted molar refractivity (Wildman–Crippen MR) is 82.7 cm³/mol. The van der Waals surface area contributed by atoms with Crippen LogP contribution in [0.4, 0.5) is 8.78 Å². The van der Waals surface area contributed by atoms with E-state index in [0.717, 1.165) is 24.9 Å². The van der Waals surface area contributed by atoms with Crippen molar-refractivity contribution in [1.29, 1.82) is 0 Å². The maximum atomic E-state index is 13.0. The molecule has 21 heavy (non-hydrogen) atoms. The summed E-state index contributed by atoms with van der Waals surface area (Å²) in [6.45, 7) is 7.51. The highest BCUT2D eigenvalue weighted by atomic mass is 19.3. The third-order valence-electron chi connectivity index (χ3n) is 5.07. The normalized spacial score (nSPS) is 26.2. The highest BCUT2D eigenvalue weighted by Crippen LogP contribution is 2.34. The molecule has 1 heterocycles. The Morgan fingerprint density at radius 1 is 1.19 bits per heavy atom. The fraction of sp³-hybridized carbons (Fsp3) is 0.647. The molecule has 1 unspecified atom stereocenters. The molecule has 1 aromatic rings. The first-order valence-electron chi connectivity index (χ1n) is 7.79. The summed E-state index contributed by atoms with van der Waals surface area (Å²) in [5, 5.41) is 3.62. The number of rotatable bonds is 5. The van der Waals surface area contributed by atoms with Crippen molar-refractivity contribution in [3.05, 3.63) is 35.9 Å². The van der Waals surface area contributed by atoms with Gasteiger partial charge in [-0.1, -0.05) is 44.2 Å². The Labute approximate surface area is 126 Å². The Morgan fingerprint density at radius 3 is 2.33 bits per heavy atom. The van der Waals surface area contributed by atoms with Gasteiger partial charge in [-0.3, -0.25) is 4.90 Å². The minimum atomic E-state index is -2.29. The summed E-state index contributed by atoms with van der Waals surface area (Å²) in [5.74, 6) is 0. The van der Waals surface area contributed by atoms with Gasteiger partial charge in [0.1, 0.15) is 0 Å². The Bertz CT molecular complexity index is 445. The summed E-state index contributed by atoms with van der Waals surface area (Å²) in [6.07, 6.45) is -0.525. The van der Waals surface area contributed by atoms with Gasteiger partial charge in [-0.2, -0.15) is 0 Å². The van der Waals surface area contributed by atoms with Crippen LogP contribution < -0.4 is 5.32 Å². The summed E-state index contributed by atoms with van der Waals surface area (Å²) in [7, 11) is 0. The molecular weight excluding hydrogens is 270 g/mol. The number of nitrogens with one attached hydrogen (secondary N) is 1.